The van der Waals surface area contributed by atoms with Crippen molar-refractivity contribution in [2.75, 3.05) is 25.5 Å². The molecule has 0 spiro atoms. The number of guanidine groups is 1. The molecule has 7 nitrogen and oxygen atoms in total. The Kier molecular flexibility index (Phi) is 9.04. The SMILES string of the molecule is CCNC(=NCc1csc(N(C)C)n1)NCc1cc(CC)no1.I. The Labute approximate surface area is 163 Å². The molecular weight excluding hydrogens is 439 g/mol. The van der Waals surface area contributed by atoms with Gasteiger partial charge in [-0.15, -0.1) is 35.3 Å². The van der Waals surface area contributed by atoms with E-state index < -0.39 is 0 Å². The van der Waals surface area contributed by atoms with Crippen molar-refractivity contribution in [1.82, 2.24) is 20.8 Å². The third kappa shape index (κ3) is 6.27. The highest BCUT2D eigenvalue weighted by Crippen LogP contribution is 2.18. The van der Waals surface area contributed by atoms with Gasteiger partial charge in [0, 0.05) is 32.1 Å². The maximum Gasteiger partial charge on any atom is 0.192 e. The van der Waals surface area contributed by atoms with Gasteiger partial charge in [0.25, 0.3) is 0 Å². The summed E-state index contributed by atoms with van der Waals surface area (Å²) in [6.07, 6.45) is 0.871. The molecule has 2 aromatic rings. The van der Waals surface area contributed by atoms with E-state index in [4.69, 9.17) is 4.52 Å². The number of aryl methyl sites for hydroxylation is 1. The molecule has 0 atom stereocenters. The summed E-state index contributed by atoms with van der Waals surface area (Å²) >= 11 is 1.62. The van der Waals surface area contributed by atoms with E-state index >= 15 is 0 Å². The highest BCUT2D eigenvalue weighted by molar-refractivity contribution is 14.0. The molecule has 2 N–H and O–H groups in total. The third-order valence-electron chi connectivity index (χ3n) is 3.07. The molecule has 24 heavy (non-hydrogen) atoms. The molecule has 0 aliphatic heterocycles. The van der Waals surface area contributed by atoms with Gasteiger partial charge in [-0.05, 0) is 13.3 Å². The van der Waals surface area contributed by atoms with Crippen molar-refractivity contribution in [3.63, 3.8) is 0 Å². The fourth-order valence-corrected chi connectivity index (χ4v) is 2.60. The van der Waals surface area contributed by atoms with Gasteiger partial charge in [-0.2, -0.15) is 0 Å². The number of aliphatic imine (C=N–C) groups is 1. The zero-order valence-electron chi connectivity index (χ0n) is 14.5. The van der Waals surface area contributed by atoms with Crippen LogP contribution in [0.25, 0.3) is 0 Å². The Balaban J connectivity index is 0.00000288. The van der Waals surface area contributed by atoms with Gasteiger partial charge in [-0.1, -0.05) is 12.1 Å². The normalized spacial score (nSPS) is 11.1. The molecule has 2 rings (SSSR count). The Morgan fingerprint density at radius 3 is 2.67 bits per heavy atom. The van der Waals surface area contributed by atoms with Crippen molar-refractivity contribution in [1.29, 1.82) is 0 Å². The molecule has 2 heterocycles. The maximum atomic E-state index is 5.27. The molecule has 0 radical (unpaired) electrons. The number of halogens is 1. The van der Waals surface area contributed by atoms with Crippen LogP contribution >= 0.6 is 35.3 Å². The quantitative estimate of drug-likeness (QED) is 0.373. The molecule has 2 aromatic heterocycles. The van der Waals surface area contributed by atoms with Crippen LogP contribution in [0.1, 0.15) is 31.0 Å². The summed E-state index contributed by atoms with van der Waals surface area (Å²) in [5.41, 5.74) is 1.92. The largest absolute Gasteiger partial charge is 0.359 e. The minimum atomic E-state index is 0. The summed E-state index contributed by atoms with van der Waals surface area (Å²) in [7, 11) is 3.97. The molecule has 9 heteroatoms. The minimum absolute atomic E-state index is 0. The lowest BCUT2D eigenvalue weighted by molar-refractivity contribution is 0.374. The molecule has 0 fully saturated rings. The van der Waals surface area contributed by atoms with E-state index in [1.54, 1.807) is 11.3 Å². The van der Waals surface area contributed by atoms with Gasteiger partial charge in [0.2, 0.25) is 0 Å². The van der Waals surface area contributed by atoms with Crippen LogP contribution in [-0.4, -0.2) is 36.7 Å². The molecule has 0 saturated heterocycles. The summed E-state index contributed by atoms with van der Waals surface area (Å²) in [6, 6.07) is 1.96. The fraction of sp³-hybridized carbons (Fsp3) is 0.533. The summed E-state index contributed by atoms with van der Waals surface area (Å²) in [5, 5.41) is 13.5. The zero-order valence-corrected chi connectivity index (χ0v) is 17.6. The summed E-state index contributed by atoms with van der Waals surface area (Å²) in [4.78, 5) is 11.1. The smallest absolute Gasteiger partial charge is 0.192 e. The first-order valence-electron chi connectivity index (χ1n) is 7.70. The number of rotatable bonds is 7. The predicted octanol–water partition coefficient (Wildman–Crippen LogP) is 2.63. The zero-order chi connectivity index (χ0) is 16.7. The lowest BCUT2D eigenvalue weighted by atomic mass is 10.3. The molecule has 0 aliphatic rings. The fourth-order valence-electron chi connectivity index (χ4n) is 1.85. The van der Waals surface area contributed by atoms with Crippen molar-refractivity contribution in [2.45, 2.75) is 33.4 Å². The van der Waals surface area contributed by atoms with E-state index in [1.807, 2.05) is 37.4 Å². The Hall–Kier alpha value is -1.36. The number of hydrogen-bond acceptors (Lipinski definition) is 6. The van der Waals surface area contributed by atoms with Crippen LogP contribution in [-0.2, 0) is 19.5 Å². The van der Waals surface area contributed by atoms with E-state index in [0.717, 1.165) is 41.2 Å². The van der Waals surface area contributed by atoms with Crippen LogP contribution in [0.4, 0.5) is 5.13 Å². The van der Waals surface area contributed by atoms with Crippen LogP contribution in [0.5, 0.6) is 0 Å². The first-order valence-corrected chi connectivity index (χ1v) is 8.58. The van der Waals surface area contributed by atoms with Crippen LogP contribution in [0.2, 0.25) is 0 Å². The monoisotopic (exact) mass is 464 g/mol. The highest BCUT2D eigenvalue weighted by atomic mass is 127. The number of thiazole rings is 1. The van der Waals surface area contributed by atoms with Gasteiger partial charge < -0.3 is 20.1 Å². The van der Waals surface area contributed by atoms with Gasteiger partial charge in [0.15, 0.2) is 16.9 Å². The summed E-state index contributed by atoms with van der Waals surface area (Å²) in [6.45, 7) is 5.97. The molecule has 0 saturated carbocycles. The average Bonchev–Trinajstić information content (AvgIpc) is 3.19. The standard InChI is InChI=1S/C15H24N6OS.HI/c1-5-11-7-13(22-20-11)9-18-14(16-6-2)17-8-12-10-23-15(19-12)21(3)4;/h7,10H,5-6,8-9H2,1-4H3,(H2,16,17,18);1H. The van der Waals surface area contributed by atoms with Gasteiger partial charge in [-0.25, -0.2) is 9.98 Å². The first-order chi connectivity index (χ1) is 11.1. The van der Waals surface area contributed by atoms with Gasteiger partial charge in [0.05, 0.1) is 24.5 Å². The van der Waals surface area contributed by atoms with Crippen LogP contribution in [0.15, 0.2) is 21.0 Å². The third-order valence-corrected chi connectivity index (χ3v) is 4.12. The van der Waals surface area contributed by atoms with Crippen LogP contribution in [0.3, 0.4) is 0 Å². The molecule has 0 aliphatic carbocycles. The van der Waals surface area contributed by atoms with Crippen molar-refractivity contribution >= 4 is 46.4 Å². The Bertz CT molecular complexity index is 639. The Morgan fingerprint density at radius 1 is 1.29 bits per heavy atom. The number of nitrogens with one attached hydrogen (secondary N) is 2. The highest BCUT2D eigenvalue weighted by Gasteiger charge is 2.06. The number of anilines is 1. The van der Waals surface area contributed by atoms with Gasteiger partial charge >= 0.3 is 0 Å². The number of hydrogen-bond donors (Lipinski definition) is 2. The van der Waals surface area contributed by atoms with E-state index in [1.165, 1.54) is 0 Å². The van der Waals surface area contributed by atoms with Gasteiger partial charge in [0.1, 0.15) is 0 Å². The summed E-state index contributed by atoms with van der Waals surface area (Å²) in [5.74, 6) is 1.54. The number of aromatic nitrogens is 2. The van der Waals surface area contributed by atoms with E-state index in [0.29, 0.717) is 13.1 Å². The van der Waals surface area contributed by atoms with Crippen molar-refractivity contribution in [3.05, 3.63) is 28.6 Å². The van der Waals surface area contributed by atoms with E-state index in [9.17, 15) is 0 Å². The second-order valence-electron chi connectivity index (χ2n) is 5.20. The topological polar surface area (TPSA) is 78.6 Å². The molecular formula is C15H25IN6OS. The maximum absolute atomic E-state index is 5.27. The lowest BCUT2D eigenvalue weighted by Gasteiger charge is -2.09. The number of nitrogens with zero attached hydrogens (tertiary/aromatic N) is 4. The van der Waals surface area contributed by atoms with Crippen molar-refractivity contribution < 1.29 is 4.52 Å². The second kappa shape index (κ2) is 10.5. The van der Waals surface area contributed by atoms with Crippen LogP contribution < -0.4 is 15.5 Å². The summed E-state index contributed by atoms with van der Waals surface area (Å²) < 4.78 is 5.27. The molecule has 134 valence electrons. The lowest BCUT2D eigenvalue weighted by Crippen LogP contribution is -2.36. The van der Waals surface area contributed by atoms with Gasteiger partial charge in [-0.3, -0.25) is 0 Å². The van der Waals surface area contributed by atoms with Crippen molar-refractivity contribution in [2.24, 2.45) is 4.99 Å². The molecule has 0 amide bonds. The Morgan fingerprint density at radius 2 is 2.08 bits per heavy atom. The van der Waals surface area contributed by atoms with E-state index in [2.05, 4.69) is 32.7 Å². The van der Waals surface area contributed by atoms with Crippen molar-refractivity contribution in [3.8, 4) is 0 Å². The molecule has 0 aromatic carbocycles. The van der Waals surface area contributed by atoms with E-state index in [-0.39, 0.29) is 24.0 Å². The second-order valence-corrected chi connectivity index (χ2v) is 6.04. The molecule has 0 bridgehead atoms. The molecule has 0 unspecified atom stereocenters. The average molecular weight is 464 g/mol. The van der Waals surface area contributed by atoms with Crippen LogP contribution in [0, 0.1) is 0 Å². The predicted molar refractivity (Wildman–Crippen MR) is 109 cm³/mol. The minimum Gasteiger partial charge on any atom is -0.359 e. The first kappa shape index (κ1) is 20.7.